The topological polar surface area (TPSA) is 117 Å². The molecule has 0 bridgehead atoms. The molecule has 4 aromatic heterocycles. The van der Waals surface area contributed by atoms with E-state index >= 15 is 0 Å². The van der Waals surface area contributed by atoms with Crippen LogP contribution in [0.4, 0.5) is 5.82 Å². The molecular weight excluding hydrogens is 358 g/mol. The Bertz CT molecular complexity index is 1000. The van der Waals surface area contributed by atoms with E-state index in [1.54, 1.807) is 11.6 Å². The van der Waals surface area contributed by atoms with Gasteiger partial charge < -0.3 is 16.0 Å². The Morgan fingerprint density at radius 1 is 1.30 bits per heavy atom. The van der Waals surface area contributed by atoms with E-state index in [2.05, 4.69) is 15.2 Å². The lowest BCUT2D eigenvalue weighted by Gasteiger charge is -2.00. The third-order valence-electron chi connectivity index (χ3n) is 2.97. The summed E-state index contributed by atoms with van der Waals surface area (Å²) < 4.78 is 2.75. The Hall–Kier alpha value is -2.44. The lowest BCUT2D eigenvalue weighted by atomic mass is 10.4. The van der Waals surface area contributed by atoms with Gasteiger partial charge in [0.2, 0.25) is 10.2 Å². The van der Waals surface area contributed by atoms with Crippen molar-refractivity contribution in [3.05, 3.63) is 39.2 Å². The van der Waals surface area contributed by atoms with Crippen molar-refractivity contribution in [3.8, 4) is 10.7 Å². The minimum atomic E-state index is -0.466. The number of hydrogen-bond acceptors (Lipinski definition) is 9. The summed E-state index contributed by atoms with van der Waals surface area (Å²) in [4.78, 5) is 16.5. The number of imidazole rings is 1. The highest BCUT2D eigenvalue weighted by atomic mass is 32.2. The van der Waals surface area contributed by atoms with Crippen molar-refractivity contribution in [2.24, 2.45) is 0 Å². The van der Waals surface area contributed by atoms with Crippen LogP contribution in [0.25, 0.3) is 15.7 Å². The van der Waals surface area contributed by atoms with Gasteiger partial charge in [0.1, 0.15) is 6.20 Å². The van der Waals surface area contributed by atoms with Gasteiger partial charge in [0.15, 0.2) is 5.82 Å². The highest BCUT2D eigenvalue weighted by Gasteiger charge is 2.26. The Morgan fingerprint density at radius 3 is 2.91 bits per heavy atom. The molecular formula is C11H7N7O2S3. The third kappa shape index (κ3) is 2.27. The molecule has 0 aliphatic rings. The number of nitrogens with zero attached hydrogens (tertiary/aromatic N) is 6. The van der Waals surface area contributed by atoms with Crippen LogP contribution in [0.15, 0.2) is 39.3 Å². The maximum absolute atomic E-state index is 11.3. The van der Waals surface area contributed by atoms with Crippen LogP contribution in [-0.4, -0.2) is 29.2 Å². The lowest BCUT2D eigenvalue weighted by Crippen LogP contribution is -2.11. The Kier molecular flexibility index (Phi) is 3.28. The predicted octanol–water partition coefficient (Wildman–Crippen LogP) is 2.49. The number of aromatic nitrogens is 5. The highest BCUT2D eigenvalue weighted by molar-refractivity contribution is 7.99. The van der Waals surface area contributed by atoms with E-state index in [1.165, 1.54) is 31.8 Å². The number of nitro groups is 1. The highest BCUT2D eigenvalue weighted by Crippen LogP contribution is 2.36. The summed E-state index contributed by atoms with van der Waals surface area (Å²) in [6, 6.07) is 3.76. The van der Waals surface area contributed by atoms with Crippen LogP contribution in [0, 0.1) is 10.1 Å². The Labute approximate surface area is 140 Å². The first-order chi connectivity index (χ1) is 11.1. The number of nitrogen functional groups attached to an aromatic ring is 1. The second-order valence-corrected chi connectivity index (χ2v) is 7.09. The van der Waals surface area contributed by atoms with Crippen molar-refractivity contribution in [1.82, 2.24) is 24.3 Å². The van der Waals surface area contributed by atoms with Gasteiger partial charge in [0, 0.05) is 5.38 Å². The Balaban J connectivity index is 1.76. The van der Waals surface area contributed by atoms with E-state index in [9.17, 15) is 10.1 Å². The molecule has 0 fully saturated rings. The molecule has 116 valence electrons. The van der Waals surface area contributed by atoms with Crippen molar-refractivity contribution in [2.45, 2.75) is 10.2 Å². The maximum Gasteiger partial charge on any atom is 0.363 e. The summed E-state index contributed by atoms with van der Waals surface area (Å²) in [6.07, 6.45) is 1.61. The summed E-state index contributed by atoms with van der Waals surface area (Å²) in [7, 11) is 0. The van der Waals surface area contributed by atoms with Crippen molar-refractivity contribution < 1.29 is 4.92 Å². The minimum Gasteiger partial charge on any atom is -0.358 e. The molecule has 0 unspecified atom stereocenters. The number of nitrogens with two attached hydrogens (primary N) is 1. The third-order valence-corrected chi connectivity index (χ3v) is 5.52. The average molecular weight is 365 g/mol. The first kappa shape index (κ1) is 14.2. The normalized spacial score (nSPS) is 11.3. The summed E-state index contributed by atoms with van der Waals surface area (Å²) in [5, 5.41) is 23.6. The smallest absolute Gasteiger partial charge is 0.358 e. The zero-order valence-electron chi connectivity index (χ0n) is 11.2. The summed E-state index contributed by atoms with van der Waals surface area (Å²) in [5.41, 5.74) is 0. The van der Waals surface area contributed by atoms with Gasteiger partial charge in [-0.25, -0.2) is 4.68 Å². The molecule has 0 amide bonds. The summed E-state index contributed by atoms with van der Waals surface area (Å²) >= 11 is 3.82. The molecule has 2 N–H and O–H groups in total. The number of hydrogen-bond donors (Lipinski definition) is 1. The molecule has 4 aromatic rings. The first-order valence-corrected chi connectivity index (χ1v) is 8.75. The molecule has 9 nitrogen and oxygen atoms in total. The SMILES string of the molecule is Nn1c(Sc2nc3sccn3c2[N+](=O)[O-])nnc1-c1cccs1. The van der Waals surface area contributed by atoms with Gasteiger partial charge in [-0.1, -0.05) is 17.4 Å². The van der Waals surface area contributed by atoms with E-state index in [0.717, 1.165) is 16.6 Å². The van der Waals surface area contributed by atoms with Crippen LogP contribution in [-0.2, 0) is 0 Å². The second kappa shape index (κ2) is 5.33. The van der Waals surface area contributed by atoms with Gasteiger partial charge in [0.25, 0.3) is 4.96 Å². The monoisotopic (exact) mass is 365 g/mol. The van der Waals surface area contributed by atoms with Crippen LogP contribution in [0.1, 0.15) is 0 Å². The van der Waals surface area contributed by atoms with E-state index in [0.29, 0.717) is 15.9 Å². The van der Waals surface area contributed by atoms with Crippen molar-refractivity contribution >= 4 is 45.2 Å². The second-order valence-electron chi connectivity index (χ2n) is 4.31. The summed E-state index contributed by atoms with van der Waals surface area (Å²) in [6.45, 7) is 0. The molecule has 0 aromatic carbocycles. The molecule has 4 heterocycles. The van der Waals surface area contributed by atoms with Crippen molar-refractivity contribution in [2.75, 3.05) is 5.84 Å². The van der Waals surface area contributed by atoms with Gasteiger partial charge in [-0.3, -0.25) is 0 Å². The number of fused-ring (bicyclic) bond motifs is 1. The van der Waals surface area contributed by atoms with E-state index < -0.39 is 4.92 Å². The molecule has 0 saturated carbocycles. The lowest BCUT2D eigenvalue weighted by molar-refractivity contribution is -0.393. The number of rotatable bonds is 4. The molecule has 23 heavy (non-hydrogen) atoms. The standard InChI is InChI=1S/C11H7N7O2S3/c12-17-7(6-2-1-4-21-6)14-15-11(17)23-8-9(18(19)20)16-3-5-22-10(16)13-8/h1-5H,12H2. The van der Waals surface area contributed by atoms with Crippen LogP contribution < -0.4 is 5.84 Å². The van der Waals surface area contributed by atoms with E-state index in [-0.39, 0.29) is 10.8 Å². The fraction of sp³-hybridized carbons (Fsp3) is 0. The van der Waals surface area contributed by atoms with Crippen molar-refractivity contribution in [1.29, 1.82) is 0 Å². The van der Waals surface area contributed by atoms with E-state index in [4.69, 9.17) is 5.84 Å². The molecule has 0 aliphatic heterocycles. The van der Waals surface area contributed by atoms with Crippen molar-refractivity contribution in [3.63, 3.8) is 0 Å². The predicted molar refractivity (Wildman–Crippen MR) is 87.3 cm³/mol. The van der Waals surface area contributed by atoms with Gasteiger partial charge in [0.05, 0.1) is 4.88 Å². The molecule has 0 spiro atoms. The van der Waals surface area contributed by atoms with E-state index in [1.807, 2.05) is 17.5 Å². The first-order valence-electron chi connectivity index (χ1n) is 6.17. The van der Waals surface area contributed by atoms with Gasteiger partial charge >= 0.3 is 5.82 Å². The molecule has 0 aliphatic carbocycles. The quantitative estimate of drug-likeness (QED) is 0.335. The van der Waals surface area contributed by atoms with Crippen LogP contribution in [0.5, 0.6) is 0 Å². The van der Waals surface area contributed by atoms with Gasteiger partial charge in [-0.2, -0.15) is 9.38 Å². The minimum absolute atomic E-state index is 0.105. The zero-order valence-corrected chi connectivity index (χ0v) is 13.6. The fourth-order valence-corrected chi connectivity index (χ4v) is 4.30. The van der Waals surface area contributed by atoms with Crippen LogP contribution in [0.2, 0.25) is 0 Å². The molecule has 4 rings (SSSR count). The van der Waals surface area contributed by atoms with Crippen LogP contribution >= 0.6 is 34.4 Å². The molecule has 0 radical (unpaired) electrons. The largest absolute Gasteiger partial charge is 0.363 e. The molecule has 12 heteroatoms. The maximum atomic E-state index is 11.3. The molecule has 0 atom stereocenters. The fourth-order valence-electron chi connectivity index (χ4n) is 2.00. The zero-order chi connectivity index (χ0) is 16.0. The van der Waals surface area contributed by atoms with Gasteiger partial charge in [-0.05, 0) is 28.1 Å². The average Bonchev–Trinajstić information content (AvgIpc) is 3.24. The van der Waals surface area contributed by atoms with Gasteiger partial charge in [-0.15, -0.1) is 21.5 Å². The van der Waals surface area contributed by atoms with Crippen LogP contribution in [0.3, 0.4) is 0 Å². The molecule has 0 saturated heterocycles. The summed E-state index contributed by atoms with van der Waals surface area (Å²) in [5.74, 6) is 6.41. The number of thiophene rings is 1. The number of thiazole rings is 1. The Morgan fingerprint density at radius 2 is 2.17 bits per heavy atom.